The van der Waals surface area contributed by atoms with Crippen molar-refractivity contribution >= 4 is 11.6 Å². The average Bonchev–Trinajstić information content (AvgIpc) is 3.12. The van der Waals surface area contributed by atoms with E-state index in [0.29, 0.717) is 5.92 Å². The highest BCUT2D eigenvalue weighted by atomic mass is 14.8. The summed E-state index contributed by atoms with van der Waals surface area (Å²) in [5.41, 5.74) is 8.97. The quantitative estimate of drug-likeness (QED) is 0.686. The lowest BCUT2D eigenvalue weighted by Gasteiger charge is -2.19. The average molecular weight is 332 g/mol. The zero-order chi connectivity index (χ0) is 17.8. The van der Waals surface area contributed by atoms with Gasteiger partial charge in [0.25, 0.3) is 0 Å². The van der Waals surface area contributed by atoms with Crippen LogP contribution in [-0.2, 0) is 0 Å². The van der Waals surface area contributed by atoms with Crippen molar-refractivity contribution in [1.29, 1.82) is 0 Å². The minimum absolute atomic E-state index is 0.684. The third-order valence-electron chi connectivity index (χ3n) is 5.25. The van der Waals surface area contributed by atoms with Gasteiger partial charge >= 0.3 is 0 Å². The van der Waals surface area contributed by atoms with E-state index in [1.807, 2.05) is 13.2 Å². The van der Waals surface area contributed by atoms with Gasteiger partial charge in [0.1, 0.15) is 0 Å². The van der Waals surface area contributed by atoms with Crippen LogP contribution < -0.4 is 5.32 Å². The summed E-state index contributed by atoms with van der Waals surface area (Å²) in [6.07, 6.45) is 9.56. The first-order valence-electron chi connectivity index (χ1n) is 9.35. The predicted octanol–water partition coefficient (Wildman–Crippen LogP) is 6.21. The summed E-state index contributed by atoms with van der Waals surface area (Å²) in [5.74, 6) is 0.684. The zero-order valence-electron chi connectivity index (χ0n) is 15.7. The monoisotopic (exact) mass is 331 g/mol. The summed E-state index contributed by atoms with van der Waals surface area (Å²) in [6.45, 7) is 8.77. The summed E-state index contributed by atoms with van der Waals surface area (Å²) >= 11 is 0. The fraction of sp³-hybridized carbons (Fsp3) is 0.333. The molecule has 25 heavy (non-hydrogen) atoms. The molecule has 2 aromatic carbocycles. The number of benzene rings is 2. The van der Waals surface area contributed by atoms with Crippen LogP contribution in [-0.4, -0.2) is 7.05 Å². The molecule has 1 aliphatic carbocycles. The molecule has 1 N–H and O–H groups in total. The predicted molar refractivity (Wildman–Crippen MR) is 110 cm³/mol. The van der Waals surface area contributed by atoms with Gasteiger partial charge in [0.2, 0.25) is 0 Å². The SMILES string of the molecule is C=C(c1cc(C)cc(C)c1)c1cccc(C2CCCC2)c1/C=C\NC. The van der Waals surface area contributed by atoms with Gasteiger partial charge < -0.3 is 5.32 Å². The molecule has 0 heterocycles. The summed E-state index contributed by atoms with van der Waals surface area (Å²) < 4.78 is 0. The standard InChI is InChI=1S/C24H29N/c1-17-14-18(2)16-21(15-17)19(3)22-10-7-11-23(20-8-5-6-9-20)24(22)12-13-25-4/h7,10-16,20,25H,3,5-6,8-9H2,1-2,4H3/b13-12-. The highest BCUT2D eigenvalue weighted by Gasteiger charge is 2.21. The van der Waals surface area contributed by atoms with Crippen LogP contribution in [0.4, 0.5) is 0 Å². The molecular formula is C24H29N. The van der Waals surface area contributed by atoms with E-state index in [9.17, 15) is 0 Å². The molecule has 0 bridgehead atoms. The van der Waals surface area contributed by atoms with Gasteiger partial charge in [-0.2, -0.15) is 0 Å². The van der Waals surface area contributed by atoms with Crippen molar-refractivity contribution in [3.8, 4) is 0 Å². The Kier molecular flexibility index (Phi) is 5.43. The molecule has 0 aliphatic heterocycles. The minimum atomic E-state index is 0.684. The number of nitrogens with one attached hydrogen (secondary N) is 1. The Labute approximate surface area is 152 Å². The lowest BCUT2D eigenvalue weighted by molar-refractivity contribution is 0.721. The Hall–Kier alpha value is -2.28. The molecule has 0 amide bonds. The molecule has 3 rings (SSSR count). The molecule has 0 atom stereocenters. The molecule has 1 aliphatic rings. The topological polar surface area (TPSA) is 12.0 Å². The maximum Gasteiger partial charge on any atom is 0.00277 e. The first kappa shape index (κ1) is 17.5. The molecule has 130 valence electrons. The Bertz CT molecular complexity index is 771. The summed E-state index contributed by atoms with van der Waals surface area (Å²) in [7, 11) is 1.95. The van der Waals surface area contributed by atoms with Gasteiger partial charge in [-0.15, -0.1) is 0 Å². The van der Waals surface area contributed by atoms with Gasteiger partial charge in [-0.3, -0.25) is 0 Å². The van der Waals surface area contributed by atoms with Gasteiger partial charge in [0.05, 0.1) is 0 Å². The largest absolute Gasteiger partial charge is 0.394 e. The Morgan fingerprint density at radius 3 is 2.40 bits per heavy atom. The van der Waals surface area contributed by atoms with E-state index >= 15 is 0 Å². The highest BCUT2D eigenvalue weighted by molar-refractivity contribution is 5.84. The van der Waals surface area contributed by atoms with Crippen LogP contribution in [0, 0.1) is 13.8 Å². The van der Waals surface area contributed by atoms with Gasteiger partial charge in [-0.1, -0.05) is 66.9 Å². The summed E-state index contributed by atoms with van der Waals surface area (Å²) in [5, 5.41) is 3.15. The molecule has 0 unspecified atom stereocenters. The summed E-state index contributed by atoms with van der Waals surface area (Å²) in [6, 6.07) is 13.4. The van der Waals surface area contributed by atoms with Crippen molar-refractivity contribution in [2.45, 2.75) is 45.4 Å². The van der Waals surface area contributed by atoms with Crippen LogP contribution in [0.25, 0.3) is 11.6 Å². The molecule has 0 saturated heterocycles. The minimum Gasteiger partial charge on any atom is -0.394 e. The Balaban J connectivity index is 2.09. The Morgan fingerprint density at radius 1 is 1.08 bits per heavy atom. The van der Waals surface area contributed by atoms with E-state index in [-0.39, 0.29) is 0 Å². The molecule has 1 nitrogen and oxygen atoms in total. The van der Waals surface area contributed by atoms with Crippen molar-refractivity contribution in [2.24, 2.45) is 0 Å². The van der Waals surface area contributed by atoms with Crippen LogP contribution in [0.1, 0.15) is 65.0 Å². The van der Waals surface area contributed by atoms with Crippen LogP contribution in [0.5, 0.6) is 0 Å². The normalized spacial score (nSPS) is 15.0. The maximum atomic E-state index is 4.46. The highest BCUT2D eigenvalue weighted by Crippen LogP contribution is 2.39. The van der Waals surface area contributed by atoms with E-state index < -0.39 is 0 Å². The Morgan fingerprint density at radius 2 is 1.76 bits per heavy atom. The fourth-order valence-corrected chi connectivity index (χ4v) is 4.10. The molecule has 0 spiro atoms. The van der Waals surface area contributed by atoms with Gasteiger partial charge in [-0.25, -0.2) is 0 Å². The second-order valence-electron chi connectivity index (χ2n) is 7.27. The smallest absolute Gasteiger partial charge is 0.00277 e. The van der Waals surface area contributed by atoms with E-state index in [2.05, 4.69) is 68.2 Å². The van der Waals surface area contributed by atoms with Crippen molar-refractivity contribution in [2.75, 3.05) is 7.05 Å². The third-order valence-corrected chi connectivity index (χ3v) is 5.25. The van der Waals surface area contributed by atoms with Crippen molar-refractivity contribution in [1.82, 2.24) is 5.32 Å². The maximum absolute atomic E-state index is 4.46. The molecule has 1 saturated carbocycles. The van der Waals surface area contributed by atoms with E-state index in [1.54, 1.807) is 0 Å². The second-order valence-corrected chi connectivity index (χ2v) is 7.27. The third kappa shape index (κ3) is 3.87. The number of hydrogen-bond acceptors (Lipinski definition) is 1. The van der Waals surface area contributed by atoms with Gasteiger partial charge in [-0.05, 0) is 72.7 Å². The zero-order valence-corrected chi connectivity index (χ0v) is 15.7. The molecular weight excluding hydrogens is 302 g/mol. The first-order valence-corrected chi connectivity index (χ1v) is 9.35. The van der Waals surface area contributed by atoms with E-state index in [1.165, 1.54) is 59.1 Å². The number of aryl methyl sites for hydroxylation is 2. The van der Waals surface area contributed by atoms with E-state index in [4.69, 9.17) is 0 Å². The second kappa shape index (κ2) is 7.74. The van der Waals surface area contributed by atoms with Crippen LogP contribution in [0.2, 0.25) is 0 Å². The van der Waals surface area contributed by atoms with Crippen LogP contribution in [0.15, 0.2) is 49.2 Å². The molecule has 0 radical (unpaired) electrons. The van der Waals surface area contributed by atoms with Crippen molar-refractivity contribution < 1.29 is 0 Å². The first-order chi connectivity index (χ1) is 12.1. The molecule has 2 aromatic rings. The molecule has 1 fully saturated rings. The lowest BCUT2D eigenvalue weighted by atomic mass is 9.86. The van der Waals surface area contributed by atoms with Crippen LogP contribution >= 0.6 is 0 Å². The van der Waals surface area contributed by atoms with Crippen molar-refractivity contribution in [3.05, 3.63) is 82.6 Å². The summed E-state index contributed by atoms with van der Waals surface area (Å²) in [4.78, 5) is 0. The lowest BCUT2D eigenvalue weighted by Crippen LogP contribution is -2.02. The number of rotatable bonds is 5. The van der Waals surface area contributed by atoms with Crippen LogP contribution in [0.3, 0.4) is 0 Å². The van der Waals surface area contributed by atoms with E-state index in [0.717, 1.165) is 5.57 Å². The number of hydrogen-bond donors (Lipinski definition) is 1. The van der Waals surface area contributed by atoms with Gasteiger partial charge in [0.15, 0.2) is 0 Å². The molecule has 0 aromatic heterocycles. The fourth-order valence-electron chi connectivity index (χ4n) is 4.10. The molecule has 1 heteroatoms. The van der Waals surface area contributed by atoms with Crippen molar-refractivity contribution in [3.63, 3.8) is 0 Å². The van der Waals surface area contributed by atoms with Gasteiger partial charge in [0, 0.05) is 7.05 Å².